The van der Waals surface area contributed by atoms with E-state index in [2.05, 4.69) is 10.6 Å². The molecule has 0 spiro atoms. The number of carbonyl (C=O) groups is 1. The Bertz CT molecular complexity index is 424. The highest BCUT2D eigenvalue weighted by Gasteiger charge is 2.13. The van der Waals surface area contributed by atoms with Crippen LogP contribution in [0.15, 0.2) is 29.2 Å². The molecule has 0 aliphatic carbocycles. The van der Waals surface area contributed by atoms with E-state index in [4.69, 9.17) is 0 Å². The van der Waals surface area contributed by atoms with Gasteiger partial charge in [0.2, 0.25) is 5.91 Å². The molecule has 1 saturated heterocycles. The van der Waals surface area contributed by atoms with Gasteiger partial charge in [-0.05, 0) is 56.1 Å². The Morgan fingerprint density at radius 1 is 1.38 bits per heavy atom. The maximum atomic E-state index is 12.7. The minimum Gasteiger partial charge on any atom is -0.356 e. The molecular formula is C15H22ClFN2OS. The lowest BCUT2D eigenvalue weighted by molar-refractivity contribution is -0.120. The molecule has 3 nitrogen and oxygen atoms in total. The molecule has 1 aliphatic heterocycles. The van der Waals surface area contributed by atoms with Gasteiger partial charge in [0.05, 0.1) is 0 Å². The highest BCUT2D eigenvalue weighted by atomic mass is 35.5. The molecule has 1 fully saturated rings. The number of carbonyl (C=O) groups excluding carboxylic acids is 1. The SMILES string of the molecule is Cl.O=C(CCSc1ccc(F)cc1)NCCC1CCNC1. The first-order chi connectivity index (χ1) is 9.74. The number of benzene rings is 1. The van der Waals surface area contributed by atoms with Crippen LogP contribution in [0, 0.1) is 11.7 Å². The molecule has 0 radical (unpaired) electrons. The van der Waals surface area contributed by atoms with Gasteiger partial charge in [0.25, 0.3) is 0 Å². The smallest absolute Gasteiger partial charge is 0.220 e. The van der Waals surface area contributed by atoms with E-state index >= 15 is 0 Å². The van der Waals surface area contributed by atoms with Crippen LogP contribution in [-0.2, 0) is 4.79 Å². The number of amides is 1. The van der Waals surface area contributed by atoms with E-state index in [0.717, 1.165) is 36.7 Å². The van der Waals surface area contributed by atoms with Gasteiger partial charge >= 0.3 is 0 Å². The van der Waals surface area contributed by atoms with Gasteiger partial charge in [-0.25, -0.2) is 4.39 Å². The molecule has 6 heteroatoms. The summed E-state index contributed by atoms with van der Waals surface area (Å²) >= 11 is 1.58. The summed E-state index contributed by atoms with van der Waals surface area (Å²) in [4.78, 5) is 12.7. The van der Waals surface area contributed by atoms with Crippen LogP contribution in [-0.4, -0.2) is 31.3 Å². The summed E-state index contributed by atoms with van der Waals surface area (Å²) in [5.74, 6) is 1.31. The van der Waals surface area contributed by atoms with Crippen molar-refractivity contribution < 1.29 is 9.18 Å². The third-order valence-electron chi connectivity index (χ3n) is 3.45. The lowest BCUT2D eigenvalue weighted by atomic mass is 10.1. The van der Waals surface area contributed by atoms with E-state index < -0.39 is 0 Å². The third kappa shape index (κ3) is 7.16. The average molecular weight is 333 g/mol. The van der Waals surface area contributed by atoms with Gasteiger partial charge in [-0.1, -0.05) is 0 Å². The lowest BCUT2D eigenvalue weighted by Crippen LogP contribution is -2.26. The molecule has 2 N–H and O–H groups in total. The van der Waals surface area contributed by atoms with Crippen LogP contribution in [0.2, 0.25) is 0 Å². The fraction of sp³-hybridized carbons (Fsp3) is 0.533. The summed E-state index contributed by atoms with van der Waals surface area (Å²) < 4.78 is 12.7. The van der Waals surface area contributed by atoms with Crippen LogP contribution in [0.25, 0.3) is 0 Å². The van der Waals surface area contributed by atoms with Gasteiger partial charge in [-0.3, -0.25) is 4.79 Å². The average Bonchev–Trinajstić information content (AvgIpc) is 2.94. The molecule has 0 bridgehead atoms. The van der Waals surface area contributed by atoms with Crippen LogP contribution in [0.1, 0.15) is 19.3 Å². The zero-order chi connectivity index (χ0) is 14.2. The molecular weight excluding hydrogens is 311 g/mol. The highest BCUT2D eigenvalue weighted by molar-refractivity contribution is 7.99. The Labute approximate surface area is 135 Å². The van der Waals surface area contributed by atoms with E-state index in [1.807, 2.05) is 0 Å². The zero-order valence-corrected chi connectivity index (χ0v) is 13.6. The summed E-state index contributed by atoms with van der Waals surface area (Å²) in [7, 11) is 0. The monoisotopic (exact) mass is 332 g/mol. The number of rotatable bonds is 7. The Kier molecular flexibility index (Phi) is 8.73. The molecule has 2 rings (SSSR count). The number of halogens is 2. The first kappa shape index (κ1) is 18.3. The largest absolute Gasteiger partial charge is 0.356 e. The van der Waals surface area contributed by atoms with Gasteiger partial charge in [0.1, 0.15) is 5.82 Å². The Balaban J connectivity index is 0.00000220. The predicted octanol–water partition coefficient (Wildman–Crippen LogP) is 2.85. The van der Waals surface area contributed by atoms with Crippen LogP contribution >= 0.6 is 24.2 Å². The maximum Gasteiger partial charge on any atom is 0.220 e. The van der Waals surface area contributed by atoms with Crippen LogP contribution < -0.4 is 10.6 Å². The third-order valence-corrected chi connectivity index (χ3v) is 4.46. The maximum absolute atomic E-state index is 12.7. The minimum absolute atomic E-state index is 0. The number of nitrogens with one attached hydrogen (secondary N) is 2. The standard InChI is InChI=1S/C15H21FN2OS.ClH/c16-13-1-3-14(4-2-13)20-10-7-15(19)18-9-6-12-5-8-17-11-12;/h1-4,12,17H,5-11H2,(H,18,19);1H. The molecule has 21 heavy (non-hydrogen) atoms. The van der Waals surface area contributed by atoms with Crippen LogP contribution in [0.4, 0.5) is 4.39 Å². The molecule has 118 valence electrons. The quantitative estimate of drug-likeness (QED) is 0.754. The van der Waals surface area contributed by atoms with Crippen molar-refractivity contribution >= 4 is 30.1 Å². The van der Waals surface area contributed by atoms with Crippen LogP contribution in [0.5, 0.6) is 0 Å². The molecule has 1 unspecified atom stereocenters. The van der Waals surface area contributed by atoms with Crippen molar-refractivity contribution in [3.8, 4) is 0 Å². The summed E-state index contributed by atoms with van der Waals surface area (Å²) in [6.07, 6.45) is 2.78. The van der Waals surface area contributed by atoms with E-state index in [9.17, 15) is 9.18 Å². The second-order valence-electron chi connectivity index (χ2n) is 5.05. The second-order valence-corrected chi connectivity index (χ2v) is 6.22. The fourth-order valence-corrected chi connectivity index (χ4v) is 3.11. The number of hydrogen-bond donors (Lipinski definition) is 2. The van der Waals surface area contributed by atoms with E-state index in [1.165, 1.54) is 18.6 Å². The van der Waals surface area contributed by atoms with Crippen molar-refractivity contribution in [2.24, 2.45) is 5.92 Å². The molecule has 1 heterocycles. The minimum atomic E-state index is -0.228. The van der Waals surface area contributed by atoms with E-state index in [0.29, 0.717) is 12.3 Å². The normalized spacial score (nSPS) is 17.3. The van der Waals surface area contributed by atoms with Gasteiger partial charge in [-0.2, -0.15) is 0 Å². The predicted molar refractivity (Wildman–Crippen MR) is 87.6 cm³/mol. The van der Waals surface area contributed by atoms with Crippen molar-refractivity contribution in [2.45, 2.75) is 24.2 Å². The van der Waals surface area contributed by atoms with Crippen molar-refractivity contribution in [3.63, 3.8) is 0 Å². The number of thioether (sulfide) groups is 1. The van der Waals surface area contributed by atoms with Crippen molar-refractivity contribution in [3.05, 3.63) is 30.1 Å². The van der Waals surface area contributed by atoms with Gasteiger partial charge in [-0.15, -0.1) is 24.2 Å². The van der Waals surface area contributed by atoms with Crippen LogP contribution in [0.3, 0.4) is 0 Å². The first-order valence-electron chi connectivity index (χ1n) is 7.10. The molecule has 1 aliphatic rings. The topological polar surface area (TPSA) is 41.1 Å². The molecule has 0 saturated carbocycles. The summed E-state index contributed by atoms with van der Waals surface area (Å²) in [5, 5.41) is 6.29. The summed E-state index contributed by atoms with van der Waals surface area (Å²) in [5.41, 5.74) is 0. The fourth-order valence-electron chi connectivity index (χ4n) is 2.26. The van der Waals surface area contributed by atoms with E-state index in [-0.39, 0.29) is 24.1 Å². The Morgan fingerprint density at radius 3 is 2.81 bits per heavy atom. The Morgan fingerprint density at radius 2 is 2.14 bits per heavy atom. The van der Waals surface area contributed by atoms with Gasteiger partial charge in [0, 0.05) is 23.6 Å². The van der Waals surface area contributed by atoms with Crippen molar-refractivity contribution in [1.29, 1.82) is 0 Å². The summed E-state index contributed by atoms with van der Waals surface area (Å²) in [6, 6.07) is 6.37. The van der Waals surface area contributed by atoms with Gasteiger partial charge in [0.15, 0.2) is 0 Å². The lowest BCUT2D eigenvalue weighted by Gasteiger charge is -2.09. The molecule has 1 aromatic carbocycles. The second kappa shape index (κ2) is 10.0. The van der Waals surface area contributed by atoms with E-state index in [1.54, 1.807) is 23.9 Å². The van der Waals surface area contributed by atoms with Gasteiger partial charge < -0.3 is 10.6 Å². The highest BCUT2D eigenvalue weighted by Crippen LogP contribution is 2.18. The zero-order valence-electron chi connectivity index (χ0n) is 11.9. The molecule has 1 amide bonds. The molecule has 1 aromatic rings. The number of hydrogen-bond acceptors (Lipinski definition) is 3. The van der Waals surface area contributed by atoms with Crippen molar-refractivity contribution in [1.82, 2.24) is 10.6 Å². The van der Waals surface area contributed by atoms with Crippen molar-refractivity contribution in [2.75, 3.05) is 25.4 Å². The summed E-state index contributed by atoms with van der Waals surface area (Å²) in [6.45, 7) is 2.95. The molecule has 0 aromatic heterocycles. The first-order valence-corrected chi connectivity index (χ1v) is 8.08. The Hall–Kier alpha value is -0.780. The molecule has 1 atom stereocenters.